The first-order valence-electron chi connectivity index (χ1n) is 8.13. The predicted molar refractivity (Wildman–Crippen MR) is 102 cm³/mol. The first kappa shape index (κ1) is 22.7. The van der Waals surface area contributed by atoms with E-state index in [1.165, 1.54) is 13.3 Å². The standard InChI is InChI=1S/C17H27N3O6S/c1-16(2,3)25-14(22)20(15(23)26-17(4,5)6)13-12(27(8,24)18-7)9-11(21)10-19-13/h9-10,21H,1-8H3. The number of aromatic nitrogens is 1. The highest BCUT2D eigenvalue weighted by atomic mass is 32.2. The molecule has 0 fully saturated rings. The number of pyridine rings is 1. The Bertz CT molecular complexity index is 817. The Balaban J connectivity index is 3.64. The van der Waals surface area contributed by atoms with Crippen molar-refractivity contribution in [2.45, 2.75) is 57.6 Å². The molecule has 0 bridgehead atoms. The van der Waals surface area contributed by atoms with Crippen LogP contribution in [0.3, 0.4) is 0 Å². The van der Waals surface area contributed by atoms with Crippen molar-refractivity contribution in [3.63, 3.8) is 0 Å². The van der Waals surface area contributed by atoms with E-state index in [2.05, 4.69) is 9.35 Å². The number of aromatic hydroxyl groups is 1. The Hall–Kier alpha value is -2.36. The van der Waals surface area contributed by atoms with Crippen LogP contribution in [0.4, 0.5) is 15.4 Å². The molecule has 152 valence electrons. The molecule has 0 aliphatic heterocycles. The first-order chi connectivity index (χ1) is 12.1. The number of anilines is 1. The Kier molecular flexibility index (Phi) is 6.48. The minimum Gasteiger partial charge on any atom is -0.506 e. The van der Waals surface area contributed by atoms with Crippen LogP contribution in [-0.2, 0) is 19.2 Å². The molecule has 0 saturated carbocycles. The second-order valence-corrected chi connectivity index (χ2v) is 10.2. The van der Waals surface area contributed by atoms with Crippen LogP contribution in [0.15, 0.2) is 21.5 Å². The fraction of sp³-hybridized carbons (Fsp3) is 0.588. The van der Waals surface area contributed by atoms with Crippen molar-refractivity contribution in [2.24, 2.45) is 4.36 Å². The van der Waals surface area contributed by atoms with Gasteiger partial charge in [0.15, 0.2) is 5.82 Å². The molecular formula is C17H27N3O6S. The van der Waals surface area contributed by atoms with Gasteiger partial charge in [-0.15, -0.1) is 0 Å². The Morgan fingerprint density at radius 2 is 1.56 bits per heavy atom. The van der Waals surface area contributed by atoms with Crippen molar-refractivity contribution < 1.29 is 28.4 Å². The third-order valence-corrected chi connectivity index (χ3v) is 4.75. The molecule has 1 N–H and O–H groups in total. The van der Waals surface area contributed by atoms with Gasteiger partial charge in [-0.3, -0.25) is 0 Å². The van der Waals surface area contributed by atoms with Crippen molar-refractivity contribution in [1.29, 1.82) is 0 Å². The number of rotatable bonds is 2. The number of carbonyl (C=O) groups is 2. The summed E-state index contributed by atoms with van der Waals surface area (Å²) in [5.74, 6) is -0.574. The van der Waals surface area contributed by atoms with Crippen molar-refractivity contribution in [1.82, 2.24) is 4.98 Å². The summed E-state index contributed by atoms with van der Waals surface area (Å²) < 4.78 is 27.2. The van der Waals surface area contributed by atoms with Crippen LogP contribution in [0.1, 0.15) is 41.5 Å². The lowest BCUT2D eigenvalue weighted by Gasteiger charge is -2.29. The number of amides is 2. The summed E-state index contributed by atoms with van der Waals surface area (Å²) >= 11 is 0. The van der Waals surface area contributed by atoms with Crippen molar-refractivity contribution in [3.8, 4) is 5.75 Å². The Morgan fingerprint density at radius 3 is 1.93 bits per heavy atom. The largest absolute Gasteiger partial charge is 0.506 e. The minimum atomic E-state index is -3.06. The van der Waals surface area contributed by atoms with Gasteiger partial charge in [-0.2, -0.15) is 4.90 Å². The maximum atomic E-state index is 12.8. The van der Waals surface area contributed by atoms with Gasteiger partial charge in [0.25, 0.3) is 0 Å². The third-order valence-electron chi connectivity index (χ3n) is 2.94. The zero-order chi connectivity index (χ0) is 21.2. The lowest BCUT2D eigenvalue weighted by Crippen LogP contribution is -2.44. The van der Waals surface area contributed by atoms with Gasteiger partial charge >= 0.3 is 12.2 Å². The summed E-state index contributed by atoms with van der Waals surface area (Å²) in [5, 5.41) is 9.75. The zero-order valence-electron chi connectivity index (χ0n) is 16.9. The molecular weight excluding hydrogens is 374 g/mol. The maximum Gasteiger partial charge on any atom is 0.425 e. The molecule has 0 aliphatic rings. The highest BCUT2D eigenvalue weighted by Crippen LogP contribution is 2.30. The normalized spacial score (nSPS) is 14.1. The molecule has 27 heavy (non-hydrogen) atoms. The highest BCUT2D eigenvalue weighted by Gasteiger charge is 2.36. The van der Waals surface area contributed by atoms with Gasteiger partial charge in [0.05, 0.1) is 20.8 Å². The van der Waals surface area contributed by atoms with Crippen LogP contribution in [0.25, 0.3) is 0 Å². The number of carbonyl (C=O) groups excluding carboxylic acids is 2. The van der Waals surface area contributed by atoms with Crippen LogP contribution < -0.4 is 4.90 Å². The van der Waals surface area contributed by atoms with Crippen LogP contribution in [0.5, 0.6) is 5.75 Å². The van der Waals surface area contributed by atoms with Gasteiger partial charge in [-0.1, -0.05) is 0 Å². The number of imide groups is 1. The molecule has 1 aromatic rings. The monoisotopic (exact) mass is 401 g/mol. The lowest BCUT2D eigenvalue weighted by molar-refractivity contribution is 0.0428. The molecule has 1 aromatic heterocycles. The summed E-state index contributed by atoms with van der Waals surface area (Å²) in [4.78, 5) is 29.8. The number of hydrogen-bond acceptors (Lipinski definition) is 8. The van der Waals surface area contributed by atoms with E-state index in [9.17, 15) is 18.9 Å². The van der Waals surface area contributed by atoms with Crippen LogP contribution in [0.2, 0.25) is 0 Å². The van der Waals surface area contributed by atoms with E-state index in [-0.39, 0.29) is 16.5 Å². The molecule has 2 amide bonds. The van der Waals surface area contributed by atoms with Crippen LogP contribution in [-0.4, -0.2) is 51.0 Å². The first-order valence-corrected chi connectivity index (χ1v) is 10.0. The summed E-state index contributed by atoms with van der Waals surface area (Å²) in [7, 11) is -1.73. The Morgan fingerprint density at radius 1 is 1.11 bits per heavy atom. The van der Waals surface area contributed by atoms with Crippen LogP contribution >= 0.6 is 0 Å². The average molecular weight is 401 g/mol. The van der Waals surface area contributed by atoms with Gasteiger partial charge in [0.2, 0.25) is 0 Å². The van der Waals surface area contributed by atoms with E-state index in [1.807, 2.05) is 0 Å². The fourth-order valence-electron chi connectivity index (χ4n) is 1.83. The number of nitrogens with zero attached hydrogens (tertiary/aromatic N) is 3. The molecule has 0 aliphatic carbocycles. The highest BCUT2D eigenvalue weighted by molar-refractivity contribution is 7.93. The summed E-state index contributed by atoms with van der Waals surface area (Å²) in [5.41, 5.74) is -1.81. The summed E-state index contributed by atoms with van der Waals surface area (Å²) in [6, 6.07) is 1.14. The second-order valence-electron chi connectivity index (χ2n) is 7.80. The fourth-order valence-corrected chi connectivity index (χ4v) is 2.85. The van der Waals surface area contributed by atoms with Gasteiger partial charge < -0.3 is 14.6 Å². The number of hydrogen-bond donors (Lipinski definition) is 1. The summed E-state index contributed by atoms with van der Waals surface area (Å²) in [6.45, 7) is 9.80. The smallest absolute Gasteiger partial charge is 0.425 e. The maximum absolute atomic E-state index is 12.8. The van der Waals surface area contributed by atoms with Gasteiger partial charge in [0.1, 0.15) is 17.0 Å². The average Bonchev–Trinajstić information content (AvgIpc) is 2.45. The molecule has 10 heteroatoms. The molecule has 0 saturated heterocycles. The molecule has 1 unspecified atom stereocenters. The van der Waals surface area contributed by atoms with E-state index in [4.69, 9.17) is 9.47 Å². The predicted octanol–water partition coefficient (Wildman–Crippen LogP) is 3.55. The Labute approximate surface area is 159 Å². The minimum absolute atomic E-state index is 0.0956. The SMILES string of the molecule is CN=S(C)(=O)c1cc(O)cnc1N(C(=O)OC(C)(C)C)C(=O)OC(C)(C)C. The lowest BCUT2D eigenvalue weighted by atomic mass is 10.2. The van der Waals surface area contributed by atoms with Gasteiger partial charge in [-0.05, 0) is 41.5 Å². The quantitative estimate of drug-likeness (QED) is 0.805. The molecule has 1 heterocycles. The molecule has 1 rings (SSSR count). The topological polar surface area (TPSA) is 118 Å². The third kappa shape index (κ3) is 6.38. The molecule has 0 spiro atoms. The molecule has 1 atom stereocenters. The van der Waals surface area contributed by atoms with E-state index in [0.717, 1.165) is 12.3 Å². The van der Waals surface area contributed by atoms with E-state index >= 15 is 0 Å². The van der Waals surface area contributed by atoms with Gasteiger partial charge in [-0.25, -0.2) is 23.1 Å². The molecule has 0 aromatic carbocycles. The molecule has 9 nitrogen and oxygen atoms in total. The van der Waals surface area contributed by atoms with Crippen molar-refractivity contribution in [3.05, 3.63) is 12.3 Å². The second kappa shape index (κ2) is 7.71. The number of ether oxygens (including phenoxy) is 2. The van der Waals surface area contributed by atoms with Crippen LogP contribution in [0, 0.1) is 0 Å². The van der Waals surface area contributed by atoms with Crippen molar-refractivity contribution >= 4 is 27.7 Å². The van der Waals surface area contributed by atoms with E-state index in [0.29, 0.717) is 4.90 Å². The van der Waals surface area contributed by atoms with Crippen molar-refractivity contribution in [2.75, 3.05) is 18.2 Å². The van der Waals surface area contributed by atoms with E-state index in [1.54, 1.807) is 41.5 Å². The van der Waals surface area contributed by atoms with Gasteiger partial charge in [0, 0.05) is 19.4 Å². The van der Waals surface area contributed by atoms with E-state index < -0.39 is 33.1 Å². The molecule has 0 radical (unpaired) electrons. The zero-order valence-corrected chi connectivity index (χ0v) is 17.7. The summed E-state index contributed by atoms with van der Waals surface area (Å²) in [6.07, 6.45) is 0.214.